The van der Waals surface area contributed by atoms with Gasteiger partial charge in [-0.25, -0.2) is 0 Å². The van der Waals surface area contributed by atoms with Gasteiger partial charge in [-0.1, -0.05) is 0 Å². The van der Waals surface area contributed by atoms with Crippen molar-refractivity contribution >= 4 is 23.3 Å². The molecule has 1 aromatic heterocycles. The Balaban J connectivity index is 2.33. The Labute approximate surface area is 118 Å². The Hall–Kier alpha value is -1.29. The van der Waals surface area contributed by atoms with Crippen LogP contribution in [-0.2, 0) is 4.79 Å². The molecule has 2 heterocycles. The van der Waals surface area contributed by atoms with Crippen LogP contribution in [0.25, 0.3) is 0 Å². The van der Waals surface area contributed by atoms with E-state index >= 15 is 0 Å². The zero-order chi connectivity index (χ0) is 14.2. The molecule has 1 aromatic rings. The molecule has 0 aromatic carbocycles. The number of carbonyl (C=O) groups excluding carboxylic acids is 2. The fourth-order valence-corrected chi connectivity index (χ4v) is 3.04. The van der Waals surface area contributed by atoms with Crippen LogP contribution in [0.2, 0.25) is 0 Å². The van der Waals surface area contributed by atoms with Gasteiger partial charge in [-0.05, 0) is 26.3 Å². The highest BCUT2D eigenvalue weighted by Gasteiger charge is 2.27. The van der Waals surface area contributed by atoms with E-state index in [-0.39, 0.29) is 23.6 Å². The lowest BCUT2D eigenvalue weighted by molar-refractivity contribution is -0.132. The van der Waals surface area contributed by atoms with Gasteiger partial charge in [-0.2, -0.15) is 0 Å². The van der Waals surface area contributed by atoms with Crippen molar-refractivity contribution in [3.8, 4) is 0 Å². The Morgan fingerprint density at radius 2 is 2.16 bits per heavy atom. The standard InChI is InChI=1S/C14H19ClN2O2/c1-9-6-12(13(18)7-15)10(2)17(9)11-4-5-14(19)16(3)8-11/h6,11H,4-5,7-8H2,1-3H3. The number of amides is 1. The molecule has 1 atom stereocenters. The summed E-state index contributed by atoms with van der Waals surface area (Å²) >= 11 is 5.64. The van der Waals surface area contributed by atoms with Crippen LogP contribution >= 0.6 is 11.6 Å². The van der Waals surface area contributed by atoms with Gasteiger partial charge in [0.25, 0.3) is 0 Å². The highest BCUT2D eigenvalue weighted by atomic mass is 35.5. The SMILES string of the molecule is Cc1cc(C(=O)CCl)c(C)n1C1CCC(=O)N(C)C1. The molecular weight excluding hydrogens is 264 g/mol. The molecule has 2 rings (SSSR count). The normalized spacial score (nSPS) is 19.9. The van der Waals surface area contributed by atoms with Crippen molar-refractivity contribution in [1.29, 1.82) is 0 Å². The van der Waals surface area contributed by atoms with Gasteiger partial charge in [-0.15, -0.1) is 11.6 Å². The average Bonchev–Trinajstić information content (AvgIpc) is 2.68. The lowest BCUT2D eigenvalue weighted by atomic mass is 10.0. The largest absolute Gasteiger partial charge is 0.344 e. The van der Waals surface area contributed by atoms with Crippen LogP contribution < -0.4 is 0 Å². The molecule has 1 saturated heterocycles. The lowest BCUT2D eigenvalue weighted by Crippen LogP contribution is -2.38. The zero-order valence-electron chi connectivity index (χ0n) is 11.6. The first-order valence-electron chi connectivity index (χ1n) is 6.47. The number of Topliss-reactive ketones (excluding diaryl/α,β-unsaturated/α-hetero) is 1. The maximum atomic E-state index is 11.8. The molecule has 5 heteroatoms. The van der Waals surface area contributed by atoms with Gasteiger partial charge in [0.2, 0.25) is 5.91 Å². The molecular formula is C14H19ClN2O2. The first kappa shape index (κ1) is 14.1. The molecule has 1 aliphatic rings. The second kappa shape index (κ2) is 5.37. The maximum Gasteiger partial charge on any atom is 0.222 e. The van der Waals surface area contributed by atoms with E-state index in [0.29, 0.717) is 18.5 Å². The Morgan fingerprint density at radius 1 is 1.47 bits per heavy atom. The van der Waals surface area contributed by atoms with Gasteiger partial charge >= 0.3 is 0 Å². The van der Waals surface area contributed by atoms with E-state index in [1.807, 2.05) is 27.0 Å². The predicted octanol–water partition coefficient (Wildman–Crippen LogP) is 2.32. The third kappa shape index (κ3) is 2.54. The number of piperidine rings is 1. The number of aryl methyl sites for hydroxylation is 1. The number of hydrogen-bond donors (Lipinski definition) is 0. The summed E-state index contributed by atoms with van der Waals surface area (Å²) in [6.07, 6.45) is 1.39. The highest BCUT2D eigenvalue weighted by molar-refractivity contribution is 6.30. The molecule has 0 radical (unpaired) electrons. The number of rotatable bonds is 3. The number of likely N-dealkylation sites (tertiary alicyclic amines) is 1. The molecule has 0 N–H and O–H groups in total. The van der Waals surface area contributed by atoms with E-state index in [9.17, 15) is 9.59 Å². The van der Waals surface area contributed by atoms with Gasteiger partial charge in [0.1, 0.15) is 0 Å². The Morgan fingerprint density at radius 3 is 2.74 bits per heavy atom. The van der Waals surface area contributed by atoms with Crippen LogP contribution in [0.3, 0.4) is 0 Å². The van der Waals surface area contributed by atoms with Crippen LogP contribution in [0.5, 0.6) is 0 Å². The molecule has 0 bridgehead atoms. The molecule has 19 heavy (non-hydrogen) atoms. The summed E-state index contributed by atoms with van der Waals surface area (Å²) in [7, 11) is 1.83. The maximum absolute atomic E-state index is 11.8. The van der Waals surface area contributed by atoms with E-state index in [1.54, 1.807) is 4.90 Å². The summed E-state index contributed by atoms with van der Waals surface area (Å²) in [5, 5.41) is 0. The molecule has 0 spiro atoms. The monoisotopic (exact) mass is 282 g/mol. The number of aromatic nitrogens is 1. The first-order chi connectivity index (χ1) is 8.95. The van der Waals surface area contributed by atoms with Crippen molar-refractivity contribution in [1.82, 2.24) is 9.47 Å². The van der Waals surface area contributed by atoms with Gasteiger partial charge in [0.05, 0.1) is 11.9 Å². The van der Waals surface area contributed by atoms with Crippen molar-refractivity contribution < 1.29 is 9.59 Å². The number of hydrogen-bond acceptors (Lipinski definition) is 2. The van der Waals surface area contributed by atoms with Crippen molar-refractivity contribution in [2.24, 2.45) is 0 Å². The van der Waals surface area contributed by atoms with Crippen LogP contribution in [0, 0.1) is 13.8 Å². The van der Waals surface area contributed by atoms with E-state index in [2.05, 4.69) is 4.57 Å². The number of likely N-dealkylation sites (N-methyl/N-ethyl adjacent to an activating group) is 1. The minimum absolute atomic E-state index is 0.00729. The highest BCUT2D eigenvalue weighted by Crippen LogP contribution is 2.27. The first-order valence-corrected chi connectivity index (χ1v) is 7.00. The minimum Gasteiger partial charge on any atom is -0.344 e. The van der Waals surface area contributed by atoms with Crippen LogP contribution in [0.15, 0.2) is 6.07 Å². The molecule has 1 fully saturated rings. The quantitative estimate of drug-likeness (QED) is 0.631. The number of nitrogens with zero attached hydrogens (tertiary/aromatic N) is 2. The predicted molar refractivity (Wildman–Crippen MR) is 74.9 cm³/mol. The van der Waals surface area contributed by atoms with Gasteiger partial charge in [0, 0.05) is 37.0 Å². The lowest BCUT2D eigenvalue weighted by Gasteiger charge is -2.32. The topological polar surface area (TPSA) is 42.3 Å². The number of carbonyl (C=O) groups is 2. The molecule has 0 saturated carbocycles. The van der Waals surface area contributed by atoms with E-state index in [4.69, 9.17) is 11.6 Å². The summed E-state index contributed by atoms with van der Waals surface area (Å²) < 4.78 is 2.17. The fraction of sp³-hybridized carbons (Fsp3) is 0.571. The van der Waals surface area contributed by atoms with E-state index < -0.39 is 0 Å². The zero-order valence-corrected chi connectivity index (χ0v) is 12.3. The Bertz CT molecular complexity index is 522. The van der Waals surface area contributed by atoms with Gasteiger partial charge < -0.3 is 9.47 Å². The molecule has 4 nitrogen and oxygen atoms in total. The number of ketones is 1. The summed E-state index contributed by atoms with van der Waals surface area (Å²) in [6, 6.07) is 2.15. The second-order valence-corrected chi connectivity index (χ2v) is 5.45. The molecule has 1 amide bonds. The van der Waals surface area contributed by atoms with Gasteiger partial charge in [-0.3, -0.25) is 9.59 Å². The molecule has 1 aliphatic heterocycles. The molecule has 1 unspecified atom stereocenters. The van der Waals surface area contributed by atoms with Crippen molar-refractivity contribution in [3.63, 3.8) is 0 Å². The third-order valence-electron chi connectivity index (χ3n) is 3.87. The smallest absolute Gasteiger partial charge is 0.222 e. The van der Waals surface area contributed by atoms with Crippen LogP contribution in [-0.4, -0.2) is 40.6 Å². The number of halogens is 1. The van der Waals surface area contributed by atoms with Crippen molar-refractivity contribution in [2.75, 3.05) is 19.5 Å². The van der Waals surface area contributed by atoms with Crippen LogP contribution in [0.4, 0.5) is 0 Å². The third-order valence-corrected chi connectivity index (χ3v) is 4.12. The van der Waals surface area contributed by atoms with E-state index in [0.717, 1.165) is 17.8 Å². The fourth-order valence-electron chi connectivity index (χ4n) is 2.89. The number of alkyl halides is 1. The minimum atomic E-state index is -0.0405. The van der Waals surface area contributed by atoms with E-state index in [1.165, 1.54) is 0 Å². The molecule has 104 valence electrons. The summed E-state index contributed by atoms with van der Waals surface area (Å²) in [5.74, 6) is 0.157. The van der Waals surface area contributed by atoms with Gasteiger partial charge in [0.15, 0.2) is 5.78 Å². The summed E-state index contributed by atoms with van der Waals surface area (Å²) in [5.41, 5.74) is 2.71. The van der Waals surface area contributed by atoms with Crippen molar-refractivity contribution in [3.05, 3.63) is 23.0 Å². The van der Waals surface area contributed by atoms with Crippen LogP contribution in [0.1, 0.15) is 40.6 Å². The summed E-state index contributed by atoms with van der Waals surface area (Å²) in [4.78, 5) is 25.1. The Kier molecular flexibility index (Phi) is 3.99. The second-order valence-electron chi connectivity index (χ2n) is 5.18. The van der Waals surface area contributed by atoms with Crippen molar-refractivity contribution in [2.45, 2.75) is 32.7 Å². The summed E-state index contributed by atoms with van der Waals surface area (Å²) in [6.45, 7) is 4.64. The molecule has 0 aliphatic carbocycles. The average molecular weight is 283 g/mol.